The van der Waals surface area contributed by atoms with Crippen molar-refractivity contribution in [2.45, 2.75) is 45.9 Å². The zero-order valence-electron chi connectivity index (χ0n) is 13.6. The Labute approximate surface area is 133 Å². The fourth-order valence-corrected chi connectivity index (χ4v) is 2.00. The van der Waals surface area contributed by atoms with E-state index in [1.54, 1.807) is 12.1 Å². The number of nitrogens with zero attached hydrogens (tertiary/aromatic N) is 2. The molecule has 0 saturated carbocycles. The van der Waals surface area contributed by atoms with Gasteiger partial charge in [-0.25, -0.2) is 4.98 Å². The first-order valence-corrected chi connectivity index (χ1v) is 7.51. The van der Waals surface area contributed by atoms with Crippen LogP contribution >= 0.6 is 0 Å². The van der Waals surface area contributed by atoms with E-state index in [9.17, 15) is 13.2 Å². The summed E-state index contributed by atoms with van der Waals surface area (Å²) in [5.74, 6) is 0. The van der Waals surface area contributed by atoms with Crippen LogP contribution in [0.3, 0.4) is 0 Å². The summed E-state index contributed by atoms with van der Waals surface area (Å²) in [5.41, 5.74) is -0.478. The SMILES string of the molecule is CCOB(OC(C)(C)CC)c1ccn2cc(C(F)(F)F)nc2c1. The third kappa shape index (κ3) is 4.26. The molecule has 0 aliphatic carbocycles. The first-order valence-electron chi connectivity index (χ1n) is 7.51. The summed E-state index contributed by atoms with van der Waals surface area (Å²) in [5, 5.41) is 0. The Bertz CT molecular complexity index is 670. The number of rotatable bonds is 6. The molecule has 0 bridgehead atoms. The monoisotopic (exact) mass is 328 g/mol. The van der Waals surface area contributed by atoms with Gasteiger partial charge in [0.1, 0.15) is 5.65 Å². The molecule has 0 spiro atoms. The topological polar surface area (TPSA) is 35.8 Å². The van der Waals surface area contributed by atoms with Crippen LogP contribution < -0.4 is 5.46 Å². The van der Waals surface area contributed by atoms with Gasteiger partial charge in [0.15, 0.2) is 5.69 Å². The van der Waals surface area contributed by atoms with Crippen LogP contribution in [0.1, 0.15) is 39.8 Å². The molecule has 0 radical (unpaired) electrons. The van der Waals surface area contributed by atoms with Crippen molar-refractivity contribution in [3.63, 3.8) is 0 Å². The maximum absolute atomic E-state index is 12.7. The van der Waals surface area contributed by atoms with Crippen LogP contribution in [0.4, 0.5) is 13.2 Å². The average molecular weight is 328 g/mol. The van der Waals surface area contributed by atoms with Crippen molar-refractivity contribution in [1.29, 1.82) is 0 Å². The minimum absolute atomic E-state index is 0.206. The molecule has 0 fully saturated rings. The lowest BCUT2D eigenvalue weighted by molar-refractivity contribution is -0.140. The number of fused-ring (bicyclic) bond motifs is 1. The van der Waals surface area contributed by atoms with Crippen LogP contribution in [0.2, 0.25) is 0 Å². The van der Waals surface area contributed by atoms with Gasteiger partial charge < -0.3 is 13.7 Å². The molecule has 2 aromatic rings. The fraction of sp³-hybridized carbons (Fsp3) is 0.533. The van der Waals surface area contributed by atoms with E-state index in [0.29, 0.717) is 12.1 Å². The third-order valence-electron chi connectivity index (χ3n) is 3.64. The van der Waals surface area contributed by atoms with Gasteiger partial charge in [-0.2, -0.15) is 13.2 Å². The number of hydrogen-bond acceptors (Lipinski definition) is 3. The molecule has 0 aromatic carbocycles. The van der Waals surface area contributed by atoms with Gasteiger partial charge in [0, 0.05) is 24.6 Å². The summed E-state index contributed by atoms with van der Waals surface area (Å²) in [6, 6.07) is 3.24. The van der Waals surface area contributed by atoms with Crippen molar-refractivity contribution in [2.75, 3.05) is 6.61 Å². The largest absolute Gasteiger partial charge is 0.494 e. The second kappa shape index (κ2) is 6.53. The number of hydrogen-bond donors (Lipinski definition) is 0. The van der Waals surface area contributed by atoms with E-state index in [-0.39, 0.29) is 5.65 Å². The normalized spacial score (nSPS) is 12.8. The Kier molecular flexibility index (Phi) is 5.06. The highest BCUT2D eigenvalue weighted by Crippen LogP contribution is 2.28. The second-order valence-corrected chi connectivity index (χ2v) is 5.87. The first-order chi connectivity index (χ1) is 10.7. The summed E-state index contributed by atoms with van der Waals surface area (Å²) in [6.07, 6.45) is -1.19. The molecule has 4 nitrogen and oxygen atoms in total. The van der Waals surface area contributed by atoms with Gasteiger partial charge in [0.25, 0.3) is 0 Å². The van der Waals surface area contributed by atoms with Crippen LogP contribution in [-0.4, -0.2) is 28.7 Å². The van der Waals surface area contributed by atoms with Gasteiger partial charge in [0.2, 0.25) is 0 Å². The molecule has 2 rings (SSSR count). The van der Waals surface area contributed by atoms with Gasteiger partial charge in [-0.15, -0.1) is 0 Å². The molecule has 0 aliphatic rings. The average Bonchev–Trinajstić information content (AvgIpc) is 2.89. The summed E-state index contributed by atoms with van der Waals surface area (Å²) in [4.78, 5) is 3.63. The van der Waals surface area contributed by atoms with Crippen molar-refractivity contribution in [3.8, 4) is 0 Å². The molecular weight excluding hydrogens is 308 g/mol. The minimum atomic E-state index is -4.47. The molecule has 126 valence electrons. The molecule has 8 heteroatoms. The number of pyridine rings is 1. The number of imidazole rings is 1. The fourth-order valence-electron chi connectivity index (χ4n) is 2.00. The van der Waals surface area contributed by atoms with E-state index in [1.807, 2.05) is 27.7 Å². The number of aromatic nitrogens is 2. The van der Waals surface area contributed by atoms with E-state index < -0.39 is 24.6 Å². The van der Waals surface area contributed by atoms with E-state index >= 15 is 0 Å². The molecule has 0 amide bonds. The zero-order chi connectivity index (χ0) is 17.3. The quantitative estimate of drug-likeness (QED) is 0.764. The van der Waals surface area contributed by atoms with Crippen molar-refractivity contribution >= 4 is 18.2 Å². The van der Waals surface area contributed by atoms with Crippen LogP contribution in [0.5, 0.6) is 0 Å². The Morgan fingerprint density at radius 3 is 2.52 bits per heavy atom. The van der Waals surface area contributed by atoms with E-state index in [1.165, 1.54) is 10.6 Å². The molecular formula is C15H20BF3N2O2. The predicted octanol–water partition coefficient (Wildman–Crippen LogP) is 3.29. The van der Waals surface area contributed by atoms with Crippen LogP contribution in [0, 0.1) is 0 Å². The molecule has 0 saturated heterocycles. The lowest BCUT2D eigenvalue weighted by Gasteiger charge is -2.28. The predicted molar refractivity (Wildman–Crippen MR) is 82.7 cm³/mol. The summed E-state index contributed by atoms with van der Waals surface area (Å²) in [6.45, 7) is 8.14. The molecule has 0 N–H and O–H groups in total. The van der Waals surface area contributed by atoms with Crippen LogP contribution in [-0.2, 0) is 15.5 Å². The highest BCUT2D eigenvalue weighted by Gasteiger charge is 2.34. The van der Waals surface area contributed by atoms with Crippen molar-refractivity contribution < 1.29 is 22.5 Å². The Morgan fingerprint density at radius 2 is 1.96 bits per heavy atom. The van der Waals surface area contributed by atoms with Crippen LogP contribution in [0.25, 0.3) is 5.65 Å². The molecule has 23 heavy (non-hydrogen) atoms. The first kappa shape index (κ1) is 17.8. The van der Waals surface area contributed by atoms with Gasteiger partial charge in [-0.1, -0.05) is 6.92 Å². The van der Waals surface area contributed by atoms with Crippen molar-refractivity contribution in [1.82, 2.24) is 9.38 Å². The Hall–Kier alpha value is -1.54. The lowest BCUT2D eigenvalue weighted by Crippen LogP contribution is -2.43. The van der Waals surface area contributed by atoms with Gasteiger partial charge >= 0.3 is 13.3 Å². The second-order valence-electron chi connectivity index (χ2n) is 5.87. The zero-order valence-corrected chi connectivity index (χ0v) is 13.6. The highest BCUT2D eigenvalue weighted by molar-refractivity contribution is 6.61. The van der Waals surface area contributed by atoms with E-state index in [2.05, 4.69) is 4.98 Å². The van der Waals surface area contributed by atoms with E-state index in [4.69, 9.17) is 9.31 Å². The van der Waals surface area contributed by atoms with E-state index in [0.717, 1.165) is 12.6 Å². The highest BCUT2D eigenvalue weighted by atomic mass is 19.4. The lowest BCUT2D eigenvalue weighted by atomic mass is 9.78. The standard InChI is InChI=1S/C15H20BF3N2O2/c1-5-14(3,4)23-16(22-6-2)11-7-8-21-10-12(15(17,18)19)20-13(21)9-11/h7-10H,5-6H2,1-4H3. The maximum Gasteiger partial charge on any atom is 0.494 e. The molecule has 0 aliphatic heterocycles. The Balaban J connectivity index is 2.36. The molecule has 2 heterocycles. The van der Waals surface area contributed by atoms with Gasteiger partial charge in [0.05, 0.1) is 0 Å². The summed E-state index contributed by atoms with van der Waals surface area (Å²) < 4.78 is 51.1. The number of halogens is 3. The molecule has 0 atom stereocenters. The number of alkyl halides is 3. The molecule has 0 unspecified atom stereocenters. The summed E-state index contributed by atoms with van der Waals surface area (Å²) >= 11 is 0. The molecule has 2 aromatic heterocycles. The van der Waals surface area contributed by atoms with Gasteiger partial charge in [-0.3, -0.25) is 0 Å². The van der Waals surface area contributed by atoms with Crippen molar-refractivity contribution in [3.05, 3.63) is 30.2 Å². The third-order valence-corrected chi connectivity index (χ3v) is 3.64. The Morgan fingerprint density at radius 1 is 1.26 bits per heavy atom. The van der Waals surface area contributed by atoms with Crippen LogP contribution in [0.15, 0.2) is 24.5 Å². The minimum Gasteiger partial charge on any atom is -0.408 e. The summed E-state index contributed by atoms with van der Waals surface area (Å²) in [7, 11) is -0.647. The van der Waals surface area contributed by atoms with Gasteiger partial charge in [-0.05, 0) is 44.8 Å². The smallest absolute Gasteiger partial charge is 0.408 e. The van der Waals surface area contributed by atoms with Crippen molar-refractivity contribution in [2.24, 2.45) is 0 Å². The maximum atomic E-state index is 12.7.